The van der Waals surface area contributed by atoms with Gasteiger partial charge in [-0.3, -0.25) is 4.99 Å². The summed E-state index contributed by atoms with van der Waals surface area (Å²) in [5.41, 5.74) is 0. The molecule has 0 aromatic carbocycles. The molecule has 3 nitrogen and oxygen atoms in total. The molecule has 11 heavy (non-hydrogen) atoms. The number of aliphatic hydroxyl groups excluding tert-OH is 1. The van der Waals surface area contributed by atoms with E-state index in [9.17, 15) is 0 Å². The Morgan fingerprint density at radius 2 is 2.09 bits per heavy atom. The average Bonchev–Trinajstić information content (AvgIpc) is 2.06. The number of rotatable bonds is 3. The summed E-state index contributed by atoms with van der Waals surface area (Å²) in [4.78, 5) is 4.10. The number of hydrogen-bond donors (Lipinski definition) is 1. The standard InChI is InChI=1S/C6H13NO2S2/c1-9-5(8)4-7-6(10-2)11-3/h5,8H,4H2,1-3H3/t5-/m0/s1. The molecule has 0 bridgehead atoms. The van der Waals surface area contributed by atoms with Crippen molar-refractivity contribution in [1.82, 2.24) is 0 Å². The maximum absolute atomic E-state index is 8.95. The molecule has 66 valence electrons. The van der Waals surface area contributed by atoms with Gasteiger partial charge in [0.1, 0.15) is 4.38 Å². The van der Waals surface area contributed by atoms with Crippen LogP contribution in [0.2, 0.25) is 0 Å². The van der Waals surface area contributed by atoms with Crippen LogP contribution >= 0.6 is 23.5 Å². The monoisotopic (exact) mass is 195 g/mol. The Labute approximate surface area is 75.6 Å². The van der Waals surface area contributed by atoms with Crippen LogP contribution in [0.5, 0.6) is 0 Å². The van der Waals surface area contributed by atoms with Crippen molar-refractivity contribution in [3.63, 3.8) is 0 Å². The first-order valence-electron chi connectivity index (χ1n) is 3.07. The number of hydrogen-bond acceptors (Lipinski definition) is 5. The van der Waals surface area contributed by atoms with Crippen LogP contribution in [0, 0.1) is 0 Å². The quantitative estimate of drug-likeness (QED) is 0.415. The van der Waals surface area contributed by atoms with E-state index >= 15 is 0 Å². The predicted octanol–water partition coefficient (Wildman–Crippen LogP) is 1.03. The Balaban J connectivity index is 3.68. The molecular weight excluding hydrogens is 182 g/mol. The first-order chi connectivity index (χ1) is 5.24. The van der Waals surface area contributed by atoms with Crippen LogP contribution in [-0.4, -0.2) is 41.9 Å². The second-order valence-corrected chi connectivity index (χ2v) is 3.55. The van der Waals surface area contributed by atoms with Crippen molar-refractivity contribution < 1.29 is 9.84 Å². The molecular formula is C6H13NO2S2. The molecule has 0 spiro atoms. The zero-order valence-electron chi connectivity index (χ0n) is 6.90. The van der Waals surface area contributed by atoms with Gasteiger partial charge in [0.25, 0.3) is 0 Å². The van der Waals surface area contributed by atoms with Crippen molar-refractivity contribution in [2.75, 3.05) is 26.2 Å². The summed E-state index contributed by atoms with van der Waals surface area (Å²) in [6, 6.07) is 0. The van der Waals surface area contributed by atoms with E-state index in [1.54, 1.807) is 23.5 Å². The number of aliphatic imine (C=N–C) groups is 1. The van der Waals surface area contributed by atoms with Crippen molar-refractivity contribution in [1.29, 1.82) is 0 Å². The maximum atomic E-state index is 8.95. The highest BCUT2D eigenvalue weighted by atomic mass is 32.2. The van der Waals surface area contributed by atoms with Gasteiger partial charge in [-0.15, -0.1) is 23.5 Å². The van der Waals surface area contributed by atoms with Gasteiger partial charge in [-0.2, -0.15) is 0 Å². The van der Waals surface area contributed by atoms with Crippen LogP contribution in [0.25, 0.3) is 0 Å². The molecule has 0 rings (SSSR count). The lowest BCUT2D eigenvalue weighted by Crippen LogP contribution is -2.13. The molecule has 0 radical (unpaired) electrons. The Morgan fingerprint density at radius 3 is 2.45 bits per heavy atom. The van der Waals surface area contributed by atoms with Crippen LogP contribution in [0.3, 0.4) is 0 Å². The third-order valence-electron chi connectivity index (χ3n) is 0.998. The largest absolute Gasteiger partial charge is 0.366 e. The molecule has 1 N–H and O–H groups in total. The van der Waals surface area contributed by atoms with E-state index < -0.39 is 6.29 Å². The first kappa shape index (κ1) is 11.3. The van der Waals surface area contributed by atoms with E-state index in [2.05, 4.69) is 9.73 Å². The van der Waals surface area contributed by atoms with Gasteiger partial charge in [0.05, 0.1) is 6.54 Å². The minimum atomic E-state index is -0.774. The fourth-order valence-corrected chi connectivity index (χ4v) is 1.51. The fourth-order valence-electron chi connectivity index (χ4n) is 0.440. The lowest BCUT2D eigenvalue weighted by Gasteiger charge is -2.04. The highest BCUT2D eigenvalue weighted by Crippen LogP contribution is 2.10. The van der Waals surface area contributed by atoms with E-state index in [0.717, 1.165) is 4.38 Å². The number of nitrogens with zero attached hydrogens (tertiary/aromatic N) is 1. The second kappa shape index (κ2) is 6.97. The SMILES string of the molecule is CO[C@H](O)CN=C(SC)SC. The topological polar surface area (TPSA) is 41.8 Å². The molecule has 0 aliphatic rings. The zero-order chi connectivity index (χ0) is 8.69. The van der Waals surface area contributed by atoms with Gasteiger partial charge in [-0.1, -0.05) is 0 Å². The normalized spacial score (nSPS) is 12.7. The molecule has 0 heterocycles. The second-order valence-electron chi connectivity index (χ2n) is 1.71. The Hall–Kier alpha value is 0.290. The fraction of sp³-hybridized carbons (Fsp3) is 0.833. The highest BCUT2D eigenvalue weighted by Gasteiger charge is 1.99. The van der Waals surface area contributed by atoms with Crippen LogP contribution in [0.4, 0.5) is 0 Å². The molecule has 0 saturated carbocycles. The Morgan fingerprint density at radius 1 is 1.55 bits per heavy atom. The van der Waals surface area contributed by atoms with Gasteiger partial charge >= 0.3 is 0 Å². The number of aliphatic hydroxyl groups is 1. The molecule has 0 saturated heterocycles. The van der Waals surface area contributed by atoms with Gasteiger partial charge in [0.15, 0.2) is 6.29 Å². The summed E-state index contributed by atoms with van der Waals surface area (Å²) in [6.45, 7) is 0.313. The van der Waals surface area contributed by atoms with Crippen LogP contribution < -0.4 is 0 Å². The Kier molecular flexibility index (Phi) is 7.15. The smallest absolute Gasteiger partial charge is 0.173 e. The van der Waals surface area contributed by atoms with Gasteiger partial charge in [0.2, 0.25) is 0 Å². The minimum Gasteiger partial charge on any atom is -0.366 e. The molecule has 0 fully saturated rings. The van der Waals surface area contributed by atoms with Gasteiger partial charge in [0, 0.05) is 7.11 Å². The molecule has 0 aromatic rings. The summed E-state index contributed by atoms with van der Waals surface area (Å²) in [5.74, 6) is 0. The van der Waals surface area contributed by atoms with Crippen LogP contribution in [-0.2, 0) is 4.74 Å². The summed E-state index contributed by atoms with van der Waals surface area (Å²) in [7, 11) is 1.46. The van der Waals surface area contributed by atoms with Gasteiger partial charge in [-0.25, -0.2) is 0 Å². The molecule has 0 aliphatic heterocycles. The van der Waals surface area contributed by atoms with Crippen molar-refractivity contribution in [2.45, 2.75) is 6.29 Å². The zero-order valence-corrected chi connectivity index (χ0v) is 8.54. The first-order valence-corrected chi connectivity index (χ1v) is 5.52. The van der Waals surface area contributed by atoms with Gasteiger partial charge < -0.3 is 9.84 Å². The molecule has 5 heteroatoms. The third kappa shape index (κ3) is 5.55. The summed E-state index contributed by atoms with van der Waals surface area (Å²) < 4.78 is 5.58. The third-order valence-corrected chi connectivity index (χ3v) is 2.95. The van der Waals surface area contributed by atoms with E-state index in [0.29, 0.717) is 6.54 Å². The van der Waals surface area contributed by atoms with E-state index in [4.69, 9.17) is 5.11 Å². The minimum absolute atomic E-state index is 0.313. The average molecular weight is 195 g/mol. The molecule has 0 unspecified atom stereocenters. The molecule has 1 atom stereocenters. The predicted molar refractivity (Wildman–Crippen MR) is 52.3 cm³/mol. The Bertz CT molecular complexity index is 124. The lowest BCUT2D eigenvalue weighted by molar-refractivity contribution is -0.0649. The van der Waals surface area contributed by atoms with E-state index in [-0.39, 0.29) is 0 Å². The van der Waals surface area contributed by atoms with E-state index in [1.165, 1.54) is 7.11 Å². The maximum Gasteiger partial charge on any atom is 0.173 e. The van der Waals surface area contributed by atoms with Crippen molar-refractivity contribution >= 4 is 27.9 Å². The summed E-state index contributed by atoms with van der Waals surface area (Å²) in [6.07, 6.45) is 3.13. The van der Waals surface area contributed by atoms with Crippen molar-refractivity contribution in [3.8, 4) is 0 Å². The van der Waals surface area contributed by atoms with Crippen LogP contribution in [0.1, 0.15) is 0 Å². The van der Waals surface area contributed by atoms with E-state index in [1.807, 2.05) is 12.5 Å². The van der Waals surface area contributed by atoms with Crippen molar-refractivity contribution in [2.24, 2.45) is 4.99 Å². The molecule has 0 amide bonds. The molecule has 0 aliphatic carbocycles. The number of ether oxygens (including phenoxy) is 1. The summed E-state index contributed by atoms with van der Waals surface area (Å²) >= 11 is 3.14. The molecule has 0 aromatic heterocycles. The van der Waals surface area contributed by atoms with Crippen LogP contribution in [0.15, 0.2) is 4.99 Å². The lowest BCUT2D eigenvalue weighted by atomic mass is 10.6. The van der Waals surface area contributed by atoms with Gasteiger partial charge in [-0.05, 0) is 12.5 Å². The highest BCUT2D eigenvalue weighted by molar-refractivity contribution is 8.38. The van der Waals surface area contributed by atoms with Crippen molar-refractivity contribution in [3.05, 3.63) is 0 Å². The number of methoxy groups -OCH3 is 1. The number of thioether (sulfide) groups is 2. The summed E-state index contributed by atoms with van der Waals surface area (Å²) in [5, 5.41) is 8.95.